The molecule has 0 spiro atoms. The number of carbonyl (C=O) groups is 2. The Morgan fingerprint density at radius 1 is 1.29 bits per heavy atom. The summed E-state index contributed by atoms with van der Waals surface area (Å²) >= 11 is 0. The molecule has 0 bridgehead atoms. The first kappa shape index (κ1) is 11.1. The molecular weight excluding hydrogens is 220 g/mol. The van der Waals surface area contributed by atoms with Crippen LogP contribution in [0.4, 0.5) is 0 Å². The molecule has 0 aliphatic heterocycles. The number of phenolic OH excluding ortho intramolecular Hbond substituents is 1. The second-order valence-corrected chi connectivity index (χ2v) is 3.55. The molecule has 86 valence electrons. The number of pyridine rings is 1. The summed E-state index contributed by atoms with van der Waals surface area (Å²) in [7, 11) is 0. The molecule has 5 nitrogen and oxygen atoms in total. The lowest BCUT2D eigenvalue weighted by molar-refractivity contribution is -0.118. The van der Waals surface area contributed by atoms with Gasteiger partial charge in [0, 0.05) is 18.5 Å². The maximum atomic E-state index is 11.6. The number of phenols is 1. The Morgan fingerprint density at radius 2 is 2.06 bits per heavy atom. The lowest BCUT2D eigenvalue weighted by Gasteiger charge is -2.06. The van der Waals surface area contributed by atoms with Gasteiger partial charge in [-0.3, -0.25) is 19.9 Å². The van der Waals surface area contributed by atoms with Crippen molar-refractivity contribution in [1.82, 2.24) is 10.3 Å². The summed E-state index contributed by atoms with van der Waals surface area (Å²) < 4.78 is 0. The second-order valence-electron chi connectivity index (χ2n) is 3.55. The maximum absolute atomic E-state index is 11.6. The molecule has 2 amide bonds. The Kier molecular flexibility index (Phi) is 2.74. The zero-order chi connectivity index (χ0) is 12.4. The number of carbonyl (C=O) groups excluding carboxylic acids is 2. The first-order valence-corrected chi connectivity index (χ1v) is 4.98. The van der Waals surface area contributed by atoms with E-state index in [1.54, 1.807) is 18.2 Å². The molecule has 5 heteroatoms. The lowest BCUT2D eigenvalue weighted by Crippen LogP contribution is -2.27. The van der Waals surface area contributed by atoms with E-state index >= 15 is 0 Å². The average Bonchev–Trinajstić information content (AvgIpc) is 2.28. The van der Waals surface area contributed by atoms with E-state index in [0.29, 0.717) is 5.52 Å². The highest BCUT2D eigenvalue weighted by atomic mass is 16.3. The number of hydrogen-bond donors (Lipinski definition) is 2. The molecule has 2 rings (SSSR count). The molecule has 0 fully saturated rings. The standard InChI is InChI=1S/C12H10N2O3/c1-7(15)14-12(17)9-5-4-8-3-2-6-13-10(8)11(9)16/h2-6,16H,1H3,(H,14,15,17). The van der Waals surface area contributed by atoms with Crippen molar-refractivity contribution in [2.45, 2.75) is 6.92 Å². The number of fused-ring (bicyclic) bond motifs is 1. The number of aromatic nitrogens is 1. The van der Waals surface area contributed by atoms with Crippen LogP contribution in [-0.4, -0.2) is 21.9 Å². The van der Waals surface area contributed by atoms with Gasteiger partial charge in [0.15, 0.2) is 5.75 Å². The van der Waals surface area contributed by atoms with Crippen LogP contribution < -0.4 is 5.32 Å². The van der Waals surface area contributed by atoms with Gasteiger partial charge in [-0.25, -0.2) is 0 Å². The van der Waals surface area contributed by atoms with Gasteiger partial charge in [-0.15, -0.1) is 0 Å². The monoisotopic (exact) mass is 230 g/mol. The fraction of sp³-hybridized carbons (Fsp3) is 0.0833. The molecule has 0 saturated heterocycles. The van der Waals surface area contributed by atoms with Crippen molar-refractivity contribution in [3.8, 4) is 5.75 Å². The highest BCUT2D eigenvalue weighted by Crippen LogP contribution is 2.26. The topological polar surface area (TPSA) is 79.3 Å². The Bertz CT molecular complexity index is 608. The van der Waals surface area contributed by atoms with Gasteiger partial charge in [0.1, 0.15) is 5.52 Å². The summed E-state index contributed by atoms with van der Waals surface area (Å²) in [5.74, 6) is -1.33. The minimum absolute atomic E-state index is 0.0337. The first-order valence-electron chi connectivity index (χ1n) is 4.98. The Hall–Kier alpha value is -2.43. The van der Waals surface area contributed by atoms with Crippen LogP contribution in [0, 0.1) is 0 Å². The minimum Gasteiger partial charge on any atom is -0.505 e. The van der Waals surface area contributed by atoms with Crippen molar-refractivity contribution in [2.75, 3.05) is 0 Å². The van der Waals surface area contributed by atoms with Gasteiger partial charge >= 0.3 is 0 Å². The van der Waals surface area contributed by atoms with Gasteiger partial charge in [-0.1, -0.05) is 12.1 Å². The summed E-state index contributed by atoms with van der Waals surface area (Å²) in [6, 6.07) is 6.63. The molecular formula is C12H10N2O3. The summed E-state index contributed by atoms with van der Waals surface area (Å²) in [4.78, 5) is 26.4. The number of amides is 2. The molecule has 1 aromatic carbocycles. The quantitative estimate of drug-likeness (QED) is 0.771. The highest BCUT2D eigenvalue weighted by molar-refractivity contribution is 6.08. The molecule has 0 aliphatic carbocycles. The number of hydrogen-bond acceptors (Lipinski definition) is 4. The van der Waals surface area contributed by atoms with Crippen molar-refractivity contribution >= 4 is 22.7 Å². The van der Waals surface area contributed by atoms with Crippen molar-refractivity contribution in [2.24, 2.45) is 0 Å². The highest BCUT2D eigenvalue weighted by Gasteiger charge is 2.15. The van der Waals surface area contributed by atoms with Gasteiger partial charge in [-0.2, -0.15) is 0 Å². The largest absolute Gasteiger partial charge is 0.505 e. The first-order chi connectivity index (χ1) is 8.09. The van der Waals surface area contributed by atoms with Gasteiger partial charge in [0.25, 0.3) is 5.91 Å². The SMILES string of the molecule is CC(=O)NC(=O)c1ccc2cccnc2c1O. The third-order valence-electron chi connectivity index (χ3n) is 2.28. The molecule has 2 aromatic rings. The van der Waals surface area contributed by atoms with Gasteiger partial charge in [-0.05, 0) is 12.1 Å². The molecule has 1 heterocycles. The third-order valence-corrected chi connectivity index (χ3v) is 2.28. The Morgan fingerprint density at radius 3 is 2.76 bits per heavy atom. The van der Waals surface area contributed by atoms with Crippen LogP contribution in [0.2, 0.25) is 0 Å². The fourth-order valence-electron chi connectivity index (χ4n) is 1.54. The zero-order valence-electron chi connectivity index (χ0n) is 9.10. The van der Waals surface area contributed by atoms with E-state index in [1.807, 2.05) is 0 Å². The van der Waals surface area contributed by atoms with E-state index in [1.165, 1.54) is 19.2 Å². The van der Waals surface area contributed by atoms with Crippen molar-refractivity contribution in [1.29, 1.82) is 0 Å². The molecule has 0 aliphatic rings. The Balaban J connectivity index is 2.52. The summed E-state index contributed by atoms with van der Waals surface area (Å²) in [6.45, 7) is 1.23. The van der Waals surface area contributed by atoms with Crippen molar-refractivity contribution in [3.05, 3.63) is 36.0 Å². The fourth-order valence-corrected chi connectivity index (χ4v) is 1.54. The molecule has 0 atom stereocenters. The number of rotatable bonds is 1. The van der Waals surface area contributed by atoms with Crippen LogP contribution in [0.25, 0.3) is 10.9 Å². The molecule has 0 saturated carbocycles. The van der Waals surface area contributed by atoms with Gasteiger partial charge in [0.2, 0.25) is 5.91 Å². The van der Waals surface area contributed by atoms with Crippen LogP contribution in [0.1, 0.15) is 17.3 Å². The van der Waals surface area contributed by atoms with Crippen LogP contribution in [0.5, 0.6) is 5.75 Å². The van der Waals surface area contributed by atoms with E-state index in [2.05, 4.69) is 10.3 Å². The van der Waals surface area contributed by atoms with Gasteiger partial charge in [0.05, 0.1) is 5.56 Å². The second kappa shape index (κ2) is 4.21. The van der Waals surface area contributed by atoms with Crippen LogP contribution in [-0.2, 0) is 4.79 Å². The summed E-state index contributed by atoms with van der Waals surface area (Å²) in [5, 5.41) is 12.7. The van der Waals surface area contributed by atoms with E-state index in [4.69, 9.17) is 0 Å². The average molecular weight is 230 g/mol. The maximum Gasteiger partial charge on any atom is 0.261 e. The number of nitrogens with one attached hydrogen (secondary N) is 1. The number of imide groups is 1. The normalized spacial score (nSPS) is 10.2. The van der Waals surface area contributed by atoms with Crippen LogP contribution >= 0.6 is 0 Å². The van der Waals surface area contributed by atoms with Crippen LogP contribution in [0.15, 0.2) is 30.5 Å². The van der Waals surface area contributed by atoms with E-state index in [0.717, 1.165) is 5.39 Å². The molecule has 0 unspecified atom stereocenters. The molecule has 0 radical (unpaired) electrons. The predicted octanol–water partition coefficient (Wildman–Crippen LogP) is 1.22. The minimum atomic E-state index is -0.637. The lowest BCUT2D eigenvalue weighted by atomic mass is 10.1. The van der Waals surface area contributed by atoms with E-state index < -0.39 is 11.8 Å². The molecule has 2 N–H and O–H groups in total. The molecule has 17 heavy (non-hydrogen) atoms. The number of benzene rings is 1. The van der Waals surface area contributed by atoms with Crippen molar-refractivity contribution < 1.29 is 14.7 Å². The van der Waals surface area contributed by atoms with E-state index in [9.17, 15) is 14.7 Å². The van der Waals surface area contributed by atoms with Gasteiger partial charge < -0.3 is 5.11 Å². The third kappa shape index (κ3) is 2.08. The Labute approximate surface area is 97.1 Å². The molecule has 1 aromatic heterocycles. The summed E-state index contributed by atoms with van der Waals surface area (Å²) in [6.07, 6.45) is 1.52. The van der Waals surface area contributed by atoms with Crippen LogP contribution in [0.3, 0.4) is 0 Å². The smallest absolute Gasteiger partial charge is 0.261 e. The van der Waals surface area contributed by atoms with E-state index in [-0.39, 0.29) is 11.3 Å². The number of aromatic hydroxyl groups is 1. The summed E-state index contributed by atoms with van der Waals surface area (Å²) in [5.41, 5.74) is 0.370. The predicted molar refractivity (Wildman–Crippen MR) is 61.6 cm³/mol. The zero-order valence-corrected chi connectivity index (χ0v) is 9.10. The number of nitrogens with zero attached hydrogens (tertiary/aromatic N) is 1. The van der Waals surface area contributed by atoms with Crippen molar-refractivity contribution in [3.63, 3.8) is 0 Å².